The van der Waals surface area contributed by atoms with Crippen LogP contribution in [0.1, 0.15) is 44.6 Å². The fraction of sp³-hybridized carbons (Fsp3) is 0.294. The van der Waals surface area contributed by atoms with Gasteiger partial charge in [-0.15, -0.1) is 0 Å². The zero-order chi connectivity index (χ0) is 16.8. The predicted octanol–water partition coefficient (Wildman–Crippen LogP) is 2.35. The van der Waals surface area contributed by atoms with Crippen molar-refractivity contribution in [3.8, 4) is 0 Å². The second kappa shape index (κ2) is 7.60. The average molecular weight is 317 g/mol. The van der Waals surface area contributed by atoms with Crippen molar-refractivity contribution in [3.05, 3.63) is 58.4 Å². The molecule has 0 aliphatic rings. The molecule has 122 valence electrons. The van der Waals surface area contributed by atoms with E-state index in [1.165, 1.54) is 0 Å². The third kappa shape index (κ3) is 3.78. The number of ether oxygens (including phenoxy) is 2. The van der Waals surface area contributed by atoms with Gasteiger partial charge in [0.25, 0.3) is 0 Å². The highest BCUT2D eigenvalue weighted by Crippen LogP contribution is 2.21. The van der Waals surface area contributed by atoms with Crippen LogP contribution in [0, 0.1) is 6.92 Å². The highest BCUT2D eigenvalue weighted by Gasteiger charge is 2.26. The van der Waals surface area contributed by atoms with Crippen molar-refractivity contribution in [1.29, 1.82) is 0 Å². The van der Waals surface area contributed by atoms with E-state index in [0.717, 1.165) is 5.56 Å². The zero-order valence-corrected chi connectivity index (χ0v) is 13.1. The van der Waals surface area contributed by atoms with Crippen molar-refractivity contribution < 1.29 is 24.2 Å². The Bertz CT molecular complexity index is 691. The van der Waals surface area contributed by atoms with Crippen LogP contribution in [0.4, 0.5) is 0 Å². The van der Waals surface area contributed by atoms with Crippen molar-refractivity contribution in [1.82, 2.24) is 4.98 Å². The minimum Gasteiger partial charge on any atom is -0.462 e. The smallest absolute Gasteiger partial charge is 0.355 e. The van der Waals surface area contributed by atoms with Crippen LogP contribution in [0.25, 0.3) is 0 Å². The molecule has 1 aromatic carbocycles. The maximum absolute atomic E-state index is 12.3. The molecule has 23 heavy (non-hydrogen) atoms. The molecule has 0 radical (unpaired) electrons. The number of aliphatic hydroxyl groups is 1. The Balaban J connectivity index is 2.23. The number of hydrogen-bond donors (Lipinski definition) is 2. The lowest BCUT2D eigenvalue weighted by Crippen LogP contribution is -2.14. The molecule has 0 aliphatic heterocycles. The molecule has 1 heterocycles. The molecule has 0 spiro atoms. The summed E-state index contributed by atoms with van der Waals surface area (Å²) in [7, 11) is 0. The van der Waals surface area contributed by atoms with Crippen LogP contribution < -0.4 is 0 Å². The quantitative estimate of drug-likeness (QED) is 0.798. The number of nitrogens with one attached hydrogen (secondary N) is 1. The van der Waals surface area contributed by atoms with Crippen molar-refractivity contribution >= 4 is 11.9 Å². The van der Waals surface area contributed by atoms with Crippen molar-refractivity contribution in [2.45, 2.75) is 27.1 Å². The Morgan fingerprint density at radius 3 is 2.43 bits per heavy atom. The summed E-state index contributed by atoms with van der Waals surface area (Å²) in [6.07, 6.45) is 0. The van der Waals surface area contributed by atoms with E-state index in [1.54, 1.807) is 13.8 Å². The second-order valence-electron chi connectivity index (χ2n) is 4.92. The fourth-order valence-corrected chi connectivity index (χ4v) is 2.21. The topological polar surface area (TPSA) is 88.6 Å². The summed E-state index contributed by atoms with van der Waals surface area (Å²) < 4.78 is 10.2. The number of benzene rings is 1. The first-order chi connectivity index (χ1) is 11.1. The fourth-order valence-electron chi connectivity index (χ4n) is 2.21. The lowest BCUT2D eigenvalue weighted by Gasteiger charge is -2.06. The number of aromatic amines is 1. The van der Waals surface area contributed by atoms with Crippen molar-refractivity contribution in [2.75, 3.05) is 6.61 Å². The number of hydrogen-bond acceptors (Lipinski definition) is 5. The van der Waals surface area contributed by atoms with E-state index in [2.05, 4.69) is 4.98 Å². The predicted molar refractivity (Wildman–Crippen MR) is 83.0 cm³/mol. The molecule has 0 bridgehead atoms. The number of H-pyrrole nitrogens is 1. The highest BCUT2D eigenvalue weighted by atomic mass is 16.5. The minimum atomic E-state index is -0.667. The third-order valence-corrected chi connectivity index (χ3v) is 3.41. The van der Waals surface area contributed by atoms with Gasteiger partial charge in [0.2, 0.25) is 0 Å². The van der Waals surface area contributed by atoms with Gasteiger partial charge < -0.3 is 19.6 Å². The summed E-state index contributed by atoms with van der Waals surface area (Å²) in [6, 6.07) is 9.22. The molecule has 0 fully saturated rings. The number of esters is 2. The SMILES string of the molecule is CCOC(=O)c1c(C(=O)OCc2ccccc2)[nH]c(CO)c1C. The summed E-state index contributed by atoms with van der Waals surface area (Å²) in [6.45, 7) is 3.29. The monoisotopic (exact) mass is 317 g/mol. The Morgan fingerprint density at radius 2 is 1.83 bits per heavy atom. The normalized spacial score (nSPS) is 10.4. The van der Waals surface area contributed by atoms with Gasteiger partial charge in [-0.05, 0) is 25.0 Å². The molecule has 2 N–H and O–H groups in total. The Labute approximate surface area is 134 Å². The van der Waals surface area contributed by atoms with Crippen LogP contribution in [0.2, 0.25) is 0 Å². The molecule has 1 aromatic heterocycles. The molecule has 0 saturated carbocycles. The Kier molecular flexibility index (Phi) is 5.54. The molecule has 6 heteroatoms. The average Bonchev–Trinajstić information content (AvgIpc) is 2.90. The van der Waals surface area contributed by atoms with Crippen LogP contribution >= 0.6 is 0 Å². The number of carbonyl (C=O) groups excluding carboxylic acids is 2. The number of aliphatic hydroxyl groups excluding tert-OH is 1. The third-order valence-electron chi connectivity index (χ3n) is 3.41. The summed E-state index contributed by atoms with van der Waals surface area (Å²) in [5.41, 5.74) is 1.82. The number of rotatable bonds is 6. The maximum Gasteiger partial charge on any atom is 0.355 e. The lowest BCUT2D eigenvalue weighted by atomic mass is 10.1. The van der Waals surface area contributed by atoms with Crippen LogP contribution in [-0.4, -0.2) is 28.6 Å². The summed E-state index contributed by atoms with van der Waals surface area (Å²) in [4.78, 5) is 27.1. The molecule has 0 amide bonds. The molecular weight excluding hydrogens is 298 g/mol. The van der Waals surface area contributed by atoms with Gasteiger partial charge in [0.05, 0.1) is 18.8 Å². The van der Waals surface area contributed by atoms with Crippen molar-refractivity contribution in [3.63, 3.8) is 0 Å². The van der Waals surface area contributed by atoms with Crippen LogP contribution in [0.3, 0.4) is 0 Å². The van der Waals surface area contributed by atoms with E-state index in [-0.39, 0.29) is 31.1 Å². The maximum atomic E-state index is 12.3. The molecule has 0 saturated heterocycles. The van der Waals surface area contributed by atoms with Gasteiger partial charge in [-0.25, -0.2) is 9.59 Å². The van der Waals surface area contributed by atoms with E-state index in [0.29, 0.717) is 11.3 Å². The summed E-state index contributed by atoms with van der Waals surface area (Å²) in [5, 5.41) is 9.32. The van der Waals surface area contributed by atoms with E-state index < -0.39 is 11.9 Å². The largest absolute Gasteiger partial charge is 0.462 e. The van der Waals surface area contributed by atoms with Gasteiger partial charge in [-0.2, -0.15) is 0 Å². The van der Waals surface area contributed by atoms with Crippen LogP contribution in [0.5, 0.6) is 0 Å². The summed E-state index contributed by atoms with van der Waals surface area (Å²) >= 11 is 0. The molecule has 6 nitrogen and oxygen atoms in total. The van der Waals surface area contributed by atoms with Gasteiger partial charge in [-0.3, -0.25) is 0 Å². The van der Waals surface area contributed by atoms with E-state index in [1.807, 2.05) is 30.3 Å². The molecule has 2 rings (SSSR count). The molecule has 2 aromatic rings. The van der Waals surface area contributed by atoms with E-state index >= 15 is 0 Å². The van der Waals surface area contributed by atoms with E-state index in [9.17, 15) is 14.7 Å². The van der Waals surface area contributed by atoms with Crippen LogP contribution in [0.15, 0.2) is 30.3 Å². The van der Waals surface area contributed by atoms with Gasteiger partial charge in [0, 0.05) is 5.69 Å². The summed E-state index contributed by atoms with van der Waals surface area (Å²) in [5.74, 6) is -1.28. The minimum absolute atomic E-state index is 0.000862. The van der Waals surface area contributed by atoms with Crippen molar-refractivity contribution in [2.24, 2.45) is 0 Å². The Morgan fingerprint density at radius 1 is 1.13 bits per heavy atom. The first-order valence-electron chi connectivity index (χ1n) is 7.28. The number of aromatic nitrogens is 1. The number of carbonyl (C=O) groups is 2. The standard InChI is InChI=1S/C17H19NO5/c1-3-22-16(20)14-11(2)13(9-19)18-15(14)17(21)23-10-12-7-5-4-6-8-12/h4-8,18-19H,3,9-10H2,1-2H3. The van der Waals surface area contributed by atoms with Gasteiger partial charge in [0.15, 0.2) is 0 Å². The second-order valence-corrected chi connectivity index (χ2v) is 4.92. The van der Waals surface area contributed by atoms with Gasteiger partial charge in [-0.1, -0.05) is 30.3 Å². The first-order valence-corrected chi connectivity index (χ1v) is 7.28. The molecular formula is C17H19NO5. The van der Waals surface area contributed by atoms with Gasteiger partial charge in [0.1, 0.15) is 12.3 Å². The van der Waals surface area contributed by atoms with E-state index in [4.69, 9.17) is 9.47 Å². The lowest BCUT2D eigenvalue weighted by molar-refractivity contribution is 0.0439. The first kappa shape index (κ1) is 16.8. The Hall–Kier alpha value is -2.60. The zero-order valence-electron chi connectivity index (χ0n) is 13.1. The molecule has 0 aliphatic carbocycles. The van der Waals surface area contributed by atoms with Crippen LogP contribution in [-0.2, 0) is 22.7 Å². The highest BCUT2D eigenvalue weighted by molar-refractivity contribution is 6.03. The van der Waals surface area contributed by atoms with Gasteiger partial charge >= 0.3 is 11.9 Å². The molecule has 0 atom stereocenters. The molecule has 0 unspecified atom stereocenters.